The number of carbonyl (C=O) groups is 4. The molecule has 1 heterocycles. The predicted octanol–water partition coefficient (Wildman–Crippen LogP) is 1.36. The number of methoxy groups -OCH3 is 1. The first kappa shape index (κ1) is 19.4. The molecule has 0 radical (unpaired) electrons. The lowest BCUT2D eigenvalue weighted by Crippen LogP contribution is -2.32. The van der Waals surface area contributed by atoms with Crippen LogP contribution in [0.3, 0.4) is 0 Å². The average molecular weight is 363 g/mol. The van der Waals surface area contributed by atoms with Gasteiger partial charge in [0.15, 0.2) is 0 Å². The highest BCUT2D eigenvalue weighted by molar-refractivity contribution is 6.02. The highest BCUT2D eigenvalue weighted by Gasteiger charge is 2.28. The van der Waals surface area contributed by atoms with Crippen LogP contribution in [0.4, 0.5) is 16.2 Å². The molecule has 0 aliphatic carbocycles. The largest absolute Gasteiger partial charge is 0.447 e. The summed E-state index contributed by atoms with van der Waals surface area (Å²) in [7, 11) is 1.50. The van der Waals surface area contributed by atoms with E-state index in [0.717, 1.165) is 4.90 Å². The number of nitrogens with zero attached hydrogens (tertiary/aromatic N) is 1. The van der Waals surface area contributed by atoms with Crippen molar-refractivity contribution < 1.29 is 28.7 Å². The zero-order valence-corrected chi connectivity index (χ0v) is 14.4. The molecule has 0 atom stereocenters. The molecule has 1 aromatic carbocycles. The van der Waals surface area contributed by atoms with E-state index in [0.29, 0.717) is 18.0 Å². The second-order valence-electron chi connectivity index (χ2n) is 5.57. The van der Waals surface area contributed by atoms with Crippen LogP contribution in [0.15, 0.2) is 24.3 Å². The Hall–Kier alpha value is -2.94. The summed E-state index contributed by atoms with van der Waals surface area (Å²) in [6.45, 7) is 0.492. The summed E-state index contributed by atoms with van der Waals surface area (Å²) < 4.78 is 9.67. The summed E-state index contributed by atoms with van der Waals surface area (Å²) in [6.07, 6.45) is -0.214. The van der Waals surface area contributed by atoms with Gasteiger partial charge in [0.25, 0.3) is 0 Å². The number of ether oxygens (including phenoxy) is 2. The van der Waals surface area contributed by atoms with Crippen LogP contribution in [0.2, 0.25) is 0 Å². The normalized spacial score (nSPS) is 13.7. The molecule has 140 valence electrons. The number of carbonyl (C=O) groups excluding carboxylic acids is 4. The smallest absolute Gasteiger partial charge is 0.411 e. The van der Waals surface area contributed by atoms with E-state index in [1.165, 1.54) is 7.11 Å². The lowest BCUT2D eigenvalue weighted by atomic mass is 10.2. The van der Waals surface area contributed by atoms with Gasteiger partial charge in [-0.15, -0.1) is 0 Å². The number of anilines is 2. The van der Waals surface area contributed by atoms with E-state index in [1.807, 2.05) is 0 Å². The molecule has 1 aliphatic heterocycles. The molecule has 0 bridgehead atoms. The third-order valence-electron chi connectivity index (χ3n) is 3.63. The second-order valence-corrected chi connectivity index (χ2v) is 5.57. The standard InChI is InChI=1S/C17H21N3O6/c1-25-9-10-26-17(24)19-13-4-2-3-12(11-13)18-14(21)7-8-20-15(22)5-6-16(20)23/h2-4,11H,5-10H2,1H3,(H,18,21)(H,19,24). The molecule has 1 aromatic rings. The minimum absolute atomic E-state index is 0.00813. The van der Waals surface area contributed by atoms with E-state index in [-0.39, 0.29) is 50.1 Å². The molecule has 2 N–H and O–H groups in total. The van der Waals surface area contributed by atoms with Crippen LogP contribution in [0.1, 0.15) is 19.3 Å². The average Bonchev–Trinajstić information content (AvgIpc) is 2.92. The van der Waals surface area contributed by atoms with Crippen LogP contribution < -0.4 is 10.6 Å². The van der Waals surface area contributed by atoms with E-state index >= 15 is 0 Å². The van der Waals surface area contributed by atoms with E-state index in [1.54, 1.807) is 24.3 Å². The third-order valence-corrected chi connectivity index (χ3v) is 3.63. The number of nitrogens with one attached hydrogen (secondary N) is 2. The quantitative estimate of drug-likeness (QED) is 0.532. The number of rotatable bonds is 8. The van der Waals surface area contributed by atoms with Crippen molar-refractivity contribution in [1.82, 2.24) is 4.90 Å². The molecule has 0 aromatic heterocycles. The van der Waals surface area contributed by atoms with Gasteiger partial charge in [0.2, 0.25) is 17.7 Å². The number of hydrogen-bond acceptors (Lipinski definition) is 6. The number of hydrogen-bond donors (Lipinski definition) is 2. The Kier molecular flexibility index (Phi) is 7.10. The summed E-state index contributed by atoms with van der Waals surface area (Å²) in [5.41, 5.74) is 0.930. The van der Waals surface area contributed by atoms with Crippen molar-refractivity contribution in [2.24, 2.45) is 0 Å². The zero-order chi connectivity index (χ0) is 18.9. The number of benzene rings is 1. The van der Waals surface area contributed by atoms with Crippen molar-refractivity contribution in [3.8, 4) is 0 Å². The van der Waals surface area contributed by atoms with Gasteiger partial charge in [-0.25, -0.2) is 4.79 Å². The first-order chi connectivity index (χ1) is 12.5. The Balaban J connectivity index is 1.81. The molecule has 1 fully saturated rings. The van der Waals surface area contributed by atoms with Crippen molar-refractivity contribution >= 4 is 35.2 Å². The molecule has 26 heavy (non-hydrogen) atoms. The van der Waals surface area contributed by atoms with Gasteiger partial charge < -0.3 is 14.8 Å². The van der Waals surface area contributed by atoms with Gasteiger partial charge in [0.1, 0.15) is 6.61 Å². The van der Waals surface area contributed by atoms with Gasteiger partial charge in [-0.05, 0) is 18.2 Å². The van der Waals surface area contributed by atoms with Crippen molar-refractivity contribution in [3.63, 3.8) is 0 Å². The predicted molar refractivity (Wildman–Crippen MR) is 92.5 cm³/mol. The van der Waals surface area contributed by atoms with Crippen molar-refractivity contribution in [2.75, 3.05) is 37.5 Å². The van der Waals surface area contributed by atoms with Gasteiger partial charge in [-0.1, -0.05) is 6.07 Å². The summed E-state index contributed by atoms with van der Waals surface area (Å²) in [5, 5.41) is 5.20. The van der Waals surface area contributed by atoms with E-state index in [9.17, 15) is 19.2 Å². The number of likely N-dealkylation sites (tertiary alicyclic amines) is 1. The fourth-order valence-electron chi connectivity index (χ4n) is 2.36. The fraction of sp³-hybridized carbons (Fsp3) is 0.412. The van der Waals surface area contributed by atoms with Gasteiger partial charge in [-0.2, -0.15) is 0 Å². The summed E-state index contributed by atoms with van der Waals surface area (Å²) in [5.74, 6) is -0.834. The Morgan fingerprint density at radius 1 is 1.08 bits per heavy atom. The molecule has 9 nitrogen and oxygen atoms in total. The first-order valence-electron chi connectivity index (χ1n) is 8.15. The van der Waals surface area contributed by atoms with Crippen molar-refractivity contribution in [1.29, 1.82) is 0 Å². The van der Waals surface area contributed by atoms with Crippen LogP contribution >= 0.6 is 0 Å². The van der Waals surface area contributed by atoms with Crippen molar-refractivity contribution in [3.05, 3.63) is 24.3 Å². The first-order valence-corrected chi connectivity index (χ1v) is 8.15. The summed E-state index contributed by atoms with van der Waals surface area (Å²) in [4.78, 5) is 47.7. The second kappa shape index (κ2) is 9.52. The van der Waals surface area contributed by atoms with E-state index < -0.39 is 6.09 Å². The van der Waals surface area contributed by atoms with Crippen LogP contribution in [0, 0.1) is 0 Å². The SMILES string of the molecule is COCCOC(=O)Nc1cccc(NC(=O)CCN2C(=O)CCC2=O)c1. The van der Waals surface area contributed by atoms with Gasteiger partial charge in [0, 0.05) is 44.3 Å². The lowest BCUT2D eigenvalue weighted by Gasteiger charge is -2.13. The molecule has 1 saturated heterocycles. The molecular formula is C17H21N3O6. The monoisotopic (exact) mass is 363 g/mol. The van der Waals surface area contributed by atoms with Crippen LogP contribution in [0.5, 0.6) is 0 Å². The zero-order valence-electron chi connectivity index (χ0n) is 14.4. The Morgan fingerprint density at radius 3 is 2.38 bits per heavy atom. The molecule has 2 rings (SSSR count). The molecule has 0 spiro atoms. The summed E-state index contributed by atoms with van der Waals surface area (Å²) in [6, 6.07) is 6.54. The van der Waals surface area contributed by atoms with Crippen molar-refractivity contribution in [2.45, 2.75) is 19.3 Å². The Bertz CT molecular complexity index is 675. The molecular weight excluding hydrogens is 342 g/mol. The highest BCUT2D eigenvalue weighted by Crippen LogP contribution is 2.16. The lowest BCUT2D eigenvalue weighted by molar-refractivity contribution is -0.138. The van der Waals surface area contributed by atoms with Gasteiger partial charge in [0.05, 0.1) is 6.61 Å². The number of amides is 4. The molecule has 1 aliphatic rings. The Morgan fingerprint density at radius 2 is 1.73 bits per heavy atom. The highest BCUT2D eigenvalue weighted by atomic mass is 16.6. The fourth-order valence-corrected chi connectivity index (χ4v) is 2.36. The third kappa shape index (κ3) is 5.85. The minimum Gasteiger partial charge on any atom is -0.447 e. The van der Waals surface area contributed by atoms with E-state index in [4.69, 9.17) is 9.47 Å². The molecule has 0 saturated carbocycles. The minimum atomic E-state index is -0.628. The topological polar surface area (TPSA) is 114 Å². The maximum absolute atomic E-state index is 12.0. The van der Waals surface area contributed by atoms with Crippen LogP contribution in [-0.4, -0.2) is 55.6 Å². The van der Waals surface area contributed by atoms with Gasteiger partial charge in [-0.3, -0.25) is 24.6 Å². The molecule has 9 heteroatoms. The molecule has 4 amide bonds. The van der Waals surface area contributed by atoms with Crippen LogP contribution in [-0.2, 0) is 23.9 Å². The summed E-state index contributed by atoms with van der Waals surface area (Å²) >= 11 is 0. The van der Waals surface area contributed by atoms with Gasteiger partial charge >= 0.3 is 6.09 Å². The van der Waals surface area contributed by atoms with E-state index in [2.05, 4.69) is 10.6 Å². The molecule has 0 unspecified atom stereocenters. The van der Waals surface area contributed by atoms with Crippen LogP contribution in [0.25, 0.3) is 0 Å². The maximum Gasteiger partial charge on any atom is 0.411 e. The number of imide groups is 1. The maximum atomic E-state index is 12.0. The Labute approximate surface area is 150 Å².